The molecule has 0 bridgehead atoms. The summed E-state index contributed by atoms with van der Waals surface area (Å²) in [6.07, 6.45) is 0.449. The second-order valence-corrected chi connectivity index (χ2v) is 5.51. The average Bonchev–Trinajstić information content (AvgIpc) is 2.91. The lowest BCUT2D eigenvalue weighted by Gasteiger charge is -2.15. The largest absolute Gasteiger partial charge is 0.396 e. The van der Waals surface area contributed by atoms with E-state index in [2.05, 4.69) is 4.98 Å². The number of hydrogen-bond donors (Lipinski definition) is 2. The average molecular weight is 310 g/mol. The molecule has 0 amide bonds. The Bertz CT molecular complexity index is 812. The molecule has 1 heterocycles. The van der Waals surface area contributed by atoms with Crippen LogP contribution >= 0.6 is 0 Å². The summed E-state index contributed by atoms with van der Waals surface area (Å²) in [5, 5.41) is 21.6. The number of nitrogens with zero attached hydrogens (tertiary/aromatic N) is 1. The van der Waals surface area contributed by atoms with Gasteiger partial charge in [-0.3, -0.25) is 10.1 Å². The van der Waals surface area contributed by atoms with Gasteiger partial charge in [0.25, 0.3) is 0 Å². The van der Waals surface area contributed by atoms with Crippen LogP contribution in [0.2, 0.25) is 0 Å². The molecular weight excluding hydrogens is 292 g/mol. The molecule has 0 radical (unpaired) electrons. The molecule has 3 aromatic rings. The number of para-hydroxylation sites is 1. The topological polar surface area (TPSA) is 79.2 Å². The van der Waals surface area contributed by atoms with Crippen molar-refractivity contribution < 1.29 is 10.0 Å². The second kappa shape index (κ2) is 6.62. The van der Waals surface area contributed by atoms with Crippen molar-refractivity contribution in [3.63, 3.8) is 0 Å². The Morgan fingerprint density at radius 3 is 2.48 bits per heavy atom. The van der Waals surface area contributed by atoms with Crippen molar-refractivity contribution in [3.8, 4) is 0 Å². The van der Waals surface area contributed by atoms with Crippen LogP contribution in [-0.2, 0) is 6.42 Å². The summed E-state index contributed by atoms with van der Waals surface area (Å²) in [6, 6.07) is 17.3. The molecule has 0 aliphatic carbocycles. The first-order chi connectivity index (χ1) is 11.2. The molecule has 0 saturated heterocycles. The van der Waals surface area contributed by atoms with Crippen LogP contribution in [0.1, 0.15) is 22.7 Å². The van der Waals surface area contributed by atoms with Gasteiger partial charge in [0.05, 0.1) is 5.92 Å². The minimum atomic E-state index is -0.344. The zero-order chi connectivity index (χ0) is 16.2. The van der Waals surface area contributed by atoms with Gasteiger partial charge in [0.1, 0.15) is 0 Å². The number of hydrogen-bond acceptors (Lipinski definition) is 3. The van der Waals surface area contributed by atoms with E-state index in [-0.39, 0.29) is 24.0 Å². The number of H-pyrrole nitrogens is 1. The van der Waals surface area contributed by atoms with Gasteiger partial charge in [0, 0.05) is 34.5 Å². The van der Waals surface area contributed by atoms with E-state index < -0.39 is 0 Å². The summed E-state index contributed by atoms with van der Waals surface area (Å²) in [7, 11) is 0. The van der Waals surface area contributed by atoms with Crippen molar-refractivity contribution in [1.29, 1.82) is 0 Å². The van der Waals surface area contributed by atoms with Gasteiger partial charge in [-0.25, -0.2) is 0 Å². The van der Waals surface area contributed by atoms with Gasteiger partial charge in [0.15, 0.2) is 0 Å². The van der Waals surface area contributed by atoms with Crippen LogP contribution in [0, 0.1) is 10.1 Å². The maximum absolute atomic E-state index is 11.2. The molecule has 2 N–H and O–H groups in total. The van der Waals surface area contributed by atoms with E-state index in [0.29, 0.717) is 6.42 Å². The third-order valence-electron chi connectivity index (χ3n) is 4.07. The molecule has 0 spiro atoms. The van der Waals surface area contributed by atoms with E-state index >= 15 is 0 Å². The van der Waals surface area contributed by atoms with E-state index in [1.807, 2.05) is 54.6 Å². The molecule has 0 aliphatic heterocycles. The number of benzene rings is 2. The van der Waals surface area contributed by atoms with Crippen LogP contribution in [0.25, 0.3) is 10.9 Å². The van der Waals surface area contributed by atoms with Crippen molar-refractivity contribution in [2.75, 3.05) is 13.2 Å². The summed E-state index contributed by atoms with van der Waals surface area (Å²) in [5.41, 5.74) is 3.63. The Morgan fingerprint density at radius 1 is 1.09 bits per heavy atom. The Labute approximate surface area is 133 Å². The minimum Gasteiger partial charge on any atom is -0.396 e. The van der Waals surface area contributed by atoms with Gasteiger partial charge in [-0.1, -0.05) is 48.5 Å². The molecule has 3 rings (SSSR count). The van der Waals surface area contributed by atoms with Crippen LogP contribution in [0.3, 0.4) is 0 Å². The highest BCUT2D eigenvalue weighted by Gasteiger charge is 2.26. The van der Waals surface area contributed by atoms with Crippen molar-refractivity contribution in [3.05, 3.63) is 81.5 Å². The molecule has 0 fully saturated rings. The molecule has 1 atom stereocenters. The Hall–Kier alpha value is -2.66. The standard InChI is InChI=1S/C18H18N2O3/c21-11-10-17-18(14-8-4-5-9-16(14)19-17)15(12-20(22)23)13-6-2-1-3-7-13/h1-9,15,19,21H,10-12H2. The van der Waals surface area contributed by atoms with E-state index in [1.165, 1.54) is 0 Å². The predicted molar refractivity (Wildman–Crippen MR) is 89.2 cm³/mol. The highest BCUT2D eigenvalue weighted by atomic mass is 16.6. The smallest absolute Gasteiger partial charge is 0.214 e. The summed E-state index contributed by atoms with van der Waals surface area (Å²) in [6.45, 7) is -0.177. The molecule has 2 aromatic carbocycles. The van der Waals surface area contributed by atoms with Gasteiger partial charge in [-0.05, 0) is 17.2 Å². The quantitative estimate of drug-likeness (QED) is 0.542. The molecule has 1 aromatic heterocycles. The fourth-order valence-corrected chi connectivity index (χ4v) is 3.12. The lowest BCUT2D eigenvalue weighted by Crippen LogP contribution is -2.15. The number of aliphatic hydroxyl groups excluding tert-OH is 1. The molecule has 0 saturated carbocycles. The maximum atomic E-state index is 11.2. The van der Waals surface area contributed by atoms with Gasteiger partial charge in [0.2, 0.25) is 6.54 Å². The monoisotopic (exact) mass is 310 g/mol. The summed E-state index contributed by atoms with van der Waals surface area (Å²) in [5.74, 6) is -0.344. The van der Waals surface area contributed by atoms with Crippen LogP contribution < -0.4 is 0 Å². The number of fused-ring (bicyclic) bond motifs is 1. The Balaban J connectivity index is 2.20. The third kappa shape index (κ3) is 3.10. The number of aromatic amines is 1. The number of nitro groups is 1. The first kappa shape index (κ1) is 15.2. The maximum Gasteiger partial charge on any atom is 0.214 e. The number of aromatic nitrogens is 1. The van der Waals surface area contributed by atoms with Crippen LogP contribution in [0.15, 0.2) is 54.6 Å². The van der Waals surface area contributed by atoms with Crippen LogP contribution in [-0.4, -0.2) is 28.2 Å². The number of aliphatic hydroxyl groups is 1. The SMILES string of the molecule is O=[N+]([O-])CC(c1ccccc1)c1c(CCO)[nH]c2ccccc12. The van der Waals surface area contributed by atoms with Crippen molar-refractivity contribution in [2.45, 2.75) is 12.3 Å². The molecule has 5 heteroatoms. The second-order valence-electron chi connectivity index (χ2n) is 5.51. The van der Waals surface area contributed by atoms with Gasteiger partial charge >= 0.3 is 0 Å². The van der Waals surface area contributed by atoms with E-state index in [4.69, 9.17) is 0 Å². The van der Waals surface area contributed by atoms with E-state index in [0.717, 1.165) is 27.7 Å². The zero-order valence-electron chi connectivity index (χ0n) is 12.6. The van der Waals surface area contributed by atoms with E-state index in [9.17, 15) is 15.2 Å². The minimum absolute atomic E-state index is 0.000203. The third-order valence-corrected chi connectivity index (χ3v) is 4.07. The van der Waals surface area contributed by atoms with Crippen LogP contribution in [0.4, 0.5) is 0 Å². The first-order valence-electron chi connectivity index (χ1n) is 7.57. The Morgan fingerprint density at radius 2 is 1.78 bits per heavy atom. The molecular formula is C18H18N2O3. The Kier molecular flexibility index (Phi) is 4.39. The highest BCUT2D eigenvalue weighted by molar-refractivity contribution is 5.85. The lowest BCUT2D eigenvalue weighted by atomic mass is 9.88. The van der Waals surface area contributed by atoms with Crippen LogP contribution in [0.5, 0.6) is 0 Å². The van der Waals surface area contributed by atoms with Crippen molar-refractivity contribution >= 4 is 10.9 Å². The zero-order valence-corrected chi connectivity index (χ0v) is 12.6. The van der Waals surface area contributed by atoms with Gasteiger partial charge < -0.3 is 10.1 Å². The molecule has 118 valence electrons. The molecule has 0 aliphatic rings. The van der Waals surface area contributed by atoms with Gasteiger partial charge in [-0.15, -0.1) is 0 Å². The fraction of sp³-hybridized carbons (Fsp3) is 0.222. The van der Waals surface area contributed by atoms with E-state index in [1.54, 1.807) is 0 Å². The van der Waals surface area contributed by atoms with Crippen molar-refractivity contribution in [1.82, 2.24) is 4.98 Å². The normalized spacial score (nSPS) is 12.4. The van der Waals surface area contributed by atoms with Gasteiger partial charge in [-0.2, -0.15) is 0 Å². The van der Waals surface area contributed by atoms with Crippen molar-refractivity contribution in [2.24, 2.45) is 0 Å². The highest BCUT2D eigenvalue weighted by Crippen LogP contribution is 2.34. The summed E-state index contributed by atoms with van der Waals surface area (Å²) >= 11 is 0. The summed E-state index contributed by atoms with van der Waals surface area (Å²) < 4.78 is 0. The number of nitrogens with one attached hydrogen (secondary N) is 1. The first-order valence-corrected chi connectivity index (χ1v) is 7.57. The molecule has 23 heavy (non-hydrogen) atoms. The number of rotatable bonds is 6. The fourth-order valence-electron chi connectivity index (χ4n) is 3.12. The predicted octanol–water partition coefficient (Wildman–Crippen LogP) is 3.11. The molecule has 5 nitrogen and oxygen atoms in total. The molecule has 1 unspecified atom stereocenters. The lowest BCUT2D eigenvalue weighted by molar-refractivity contribution is -0.481. The summed E-state index contributed by atoms with van der Waals surface area (Å²) in [4.78, 5) is 14.3.